The first-order valence-corrected chi connectivity index (χ1v) is 7.54. The molecule has 24 heavy (non-hydrogen) atoms. The van der Waals surface area contributed by atoms with Crippen LogP contribution in [0.2, 0.25) is 0 Å². The first-order valence-electron chi connectivity index (χ1n) is 7.54. The average molecular weight is 337 g/mol. The van der Waals surface area contributed by atoms with Gasteiger partial charge in [-0.15, -0.1) is 5.10 Å². The molecule has 0 aromatic carbocycles. The van der Waals surface area contributed by atoms with Crippen molar-refractivity contribution >= 4 is 5.91 Å². The number of ether oxygens (including phenoxy) is 1. The highest BCUT2D eigenvalue weighted by Gasteiger charge is 2.42. The maximum atomic E-state index is 12.0. The van der Waals surface area contributed by atoms with Crippen LogP contribution in [0, 0.1) is 5.92 Å². The molecule has 0 saturated heterocycles. The van der Waals surface area contributed by atoms with E-state index < -0.39 is 24.2 Å². The lowest BCUT2D eigenvalue weighted by Gasteiger charge is -2.17. The highest BCUT2D eigenvalue weighted by atomic mass is 16.5. The maximum Gasteiger partial charge on any atom is 0.290 e. The average Bonchev–Trinajstić information content (AvgIpc) is 3.28. The van der Waals surface area contributed by atoms with E-state index in [-0.39, 0.29) is 11.7 Å². The summed E-state index contributed by atoms with van der Waals surface area (Å²) in [7, 11) is 1.57. The third kappa shape index (κ3) is 3.45. The molecule has 0 spiro atoms. The molecule has 3 rings (SSSR count). The Kier molecular flexibility index (Phi) is 4.88. The number of aliphatic hydroxyl groups is 2. The SMILES string of the molecule is COCc1cn(CC2CC(NC(=O)c3ccno3)C(O)C2O)nn1. The molecule has 2 aromatic heterocycles. The Balaban J connectivity index is 1.60. The van der Waals surface area contributed by atoms with Gasteiger partial charge in [0.1, 0.15) is 11.8 Å². The van der Waals surface area contributed by atoms with Crippen molar-refractivity contribution in [2.24, 2.45) is 5.92 Å². The van der Waals surface area contributed by atoms with Gasteiger partial charge < -0.3 is 24.8 Å². The molecule has 4 unspecified atom stereocenters. The first-order chi connectivity index (χ1) is 11.6. The number of hydrogen-bond acceptors (Lipinski definition) is 8. The summed E-state index contributed by atoms with van der Waals surface area (Å²) in [5.41, 5.74) is 0.681. The van der Waals surface area contributed by atoms with Crippen LogP contribution in [0.5, 0.6) is 0 Å². The topological polar surface area (TPSA) is 136 Å². The summed E-state index contributed by atoms with van der Waals surface area (Å²) in [5.74, 6) is -0.690. The van der Waals surface area contributed by atoms with Crippen LogP contribution >= 0.6 is 0 Å². The van der Waals surface area contributed by atoms with Crippen molar-refractivity contribution in [3.8, 4) is 0 Å². The van der Waals surface area contributed by atoms with Crippen LogP contribution in [0.15, 0.2) is 23.0 Å². The van der Waals surface area contributed by atoms with E-state index in [1.165, 1.54) is 12.3 Å². The van der Waals surface area contributed by atoms with Gasteiger partial charge in [0.05, 0.1) is 31.1 Å². The van der Waals surface area contributed by atoms with Crippen molar-refractivity contribution in [1.29, 1.82) is 0 Å². The number of rotatable bonds is 6. The Labute approximate surface area is 137 Å². The van der Waals surface area contributed by atoms with Crippen molar-refractivity contribution in [1.82, 2.24) is 25.5 Å². The normalized spacial score (nSPS) is 26.6. The standard InChI is InChI=1S/C14H19N5O5/c1-23-7-9-6-19(18-17-9)5-8-4-10(13(21)12(8)20)16-14(22)11-2-3-15-24-11/h2-3,6,8,10,12-13,20-21H,4-5,7H2,1H3,(H,16,22). The van der Waals surface area contributed by atoms with Gasteiger partial charge in [-0.2, -0.15) is 0 Å². The van der Waals surface area contributed by atoms with Crippen molar-refractivity contribution in [2.75, 3.05) is 7.11 Å². The Morgan fingerprint density at radius 1 is 1.50 bits per heavy atom. The Hall–Kier alpha value is -2.30. The zero-order chi connectivity index (χ0) is 17.1. The third-order valence-corrected chi connectivity index (χ3v) is 4.08. The molecule has 1 aliphatic carbocycles. The Bertz CT molecular complexity index is 673. The number of nitrogens with zero attached hydrogens (tertiary/aromatic N) is 4. The quantitative estimate of drug-likeness (QED) is 0.608. The minimum atomic E-state index is -1.07. The molecule has 4 atom stereocenters. The lowest BCUT2D eigenvalue weighted by molar-refractivity contribution is 0.00745. The zero-order valence-corrected chi connectivity index (χ0v) is 13.1. The number of aromatic nitrogens is 4. The molecule has 10 nitrogen and oxygen atoms in total. The molecule has 1 aliphatic rings. The van der Waals surface area contributed by atoms with E-state index in [1.807, 2.05) is 0 Å². The van der Waals surface area contributed by atoms with Crippen LogP contribution in [-0.4, -0.2) is 61.6 Å². The second-order valence-electron chi connectivity index (χ2n) is 5.80. The van der Waals surface area contributed by atoms with Crippen LogP contribution in [-0.2, 0) is 17.9 Å². The number of carbonyl (C=O) groups is 1. The molecule has 2 aromatic rings. The molecule has 1 fully saturated rings. The molecule has 0 bridgehead atoms. The fourth-order valence-electron chi connectivity index (χ4n) is 2.90. The Morgan fingerprint density at radius 3 is 3.04 bits per heavy atom. The second-order valence-corrected chi connectivity index (χ2v) is 5.80. The summed E-state index contributed by atoms with van der Waals surface area (Å²) in [6.07, 6.45) is 1.45. The summed E-state index contributed by atoms with van der Waals surface area (Å²) in [5, 5.41) is 34.4. The molecule has 2 heterocycles. The van der Waals surface area contributed by atoms with Gasteiger partial charge in [-0.3, -0.25) is 9.48 Å². The van der Waals surface area contributed by atoms with Gasteiger partial charge in [0.2, 0.25) is 5.76 Å². The predicted octanol–water partition coefficient (Wildman–Crippen LogP) is -1.05. The van der Waals surface area contributed by atoms with Crippen LogP contribution in [0.3, 0.4) is 0 Å². The Morgan fingerprint density at radius 2 is 2.33 bits per heavy atom. The van der Waals surface area contributed by atoms with Crippen molar-refractivity contribution in [2.45, 2.75) is 37.8 Å². The van der Waals surface area contributed by atoms with Crippen LogP contribution in [0.4, 0.5) is 0 Å². The van der Waals surface area contributed by atoms with Crippen LogP contribution in [0.1, 0.15) is 22.7 Å². The van der Waals surface area contributed by atoms with Gasteiger partial charge in [0.15, 0.2) is 0 Å². The van der Waals surface area contributed by atoms with Crippen molar-refractivity contribution in [3.63, 3.8) is 0 Å². The molecular weight excluding hydrogens is 318 g/mol. The first kappa shape index (κ1) is 16.6. The van der Waals surface area contributed by atoms with Gasteiger partial charge >= 0.3 is 0 Å². The van der Waals surface area contributed by atoms with E-state index in [1.54, 1.807) is 18.0 Å². The van der Waals surface area contributed by atoms with Crippen LogP contribution in [0.25, 0.3) is 0 Å². The predicted molar refractivity (Wildman–Crippen MR) is 78.6 cm³/mol. The zero-order valence-electron chi connectivity index (χ0n) is 13.1. The lowest BCUT2D eigenvalue weighted by atomic mass is 10.1. The fraction of sp³-hybridized carbons (Fsp3) is 0.571. The molecule has 130 valence electrons. The monoisotopic (exact) mass is 337 g/mol. The van der Waals surface area contributed by atoms with E-state index in [4.69, 9.17) is 9.26 Å². The lowest BCUT2D eigenvalue weighted by Crippen LogP contribution is -2.43. The van der Waals surface area contributed by atoms with E-state index in [2.05, 4.69) is 20.8 Å². The number of nitrogens with one attached hydrogen (secondary N) is 1. The third-order valence-electron chi connectivity index (χ3n) is 4.08. The smallest absolute Gasteiger partial charge is 0.290 e. The molecule has 3 N–H and O–H groups in total. The molecular formula is C14H19N5O5. The number of carbonyl (C=O) groups excluding carboxylic acids is 1. The van der Waals surface area contributed by atoms with Gasteiger partial charge in [-0.1, -0.05) is 10.4 Å². The number of hydrogen-bond donors (Lipinski definition) is 3. The van der Waals surface area contributed by atoms with Gasteiger partial charge in [-0.05, 0) is 6.42 Å². The maximum absolute atomic E-state index is 12.0. The molecule has 10 heteroatoms. The summed E-state index contributed by atoms with van der Waals surface area (Å²) >= 11 is 0. The molecule has 1 saturated carbocycles. The van der Waals surface area contributed by atoms with Gasteiger partial charge in [0, 0.05) is 25.6 Å². The highest BCUT2D eigenvalue weighted by Crippen LogP contribution is 2.28. The molecule has 1 amide bonds. The summed E-state index contributed by atoms with van der Waals surface area (Å²) in [6.45, 7) is 0.731. The summed E-state index contributed by atoms with van der Waals surface area (Å²) in [6, 6.07) is 0.849. The van der Waals surface area contributed by atoms with Gasteiger partial charge in [0.25, 0.3) is 5.91 Å². The molecule has 0 aliphatic heterocycles. The van der Waals surface area contributed by atoms with E-state index in [0.717, 1.165) is 0 Å². The highest BCUT2D eigenvalue weighted by molar-refractivity contribution is 5.91. The van der Waals surface area contributed by atoms with Crippen molar-refractivity contribution in [3.05, 3.63) is 29.9 Å². The number of methoxy groups -OCH3 is 1. The van der Waals surface area contributed by atoms with E-state index >= 15 is 0 Å². The fourth-order valence-corrected chi connectivity index (χ4v) is 2.90. The van der Waals surface area contributed by atoms with E-state index in [0.29, 0.717) is 25.3 Å². The molecule has 0 radical (unpaired) electrons. The van der Waals surface area contributed by atoms with E-state index in [9.17, 15) is 15.0 Å². The van der Waals surface area contributed by atoms with Crippen LogP contribution < -0.4 is 5.32 Å². The van der Waals surface area contributed by atoms with Crippen molar-refractivity contribution < 1.29 is 24.3 Å². The number of amides is 1. The van der Waals surface area contributed by atoms with Gasteiger partial charge in [-0.25, -0.2) is 0 Å². The minimum Gasteiger partial charge on any atom is -0.390 e. The summed E-state index contributed by atoms with van der Waals surface area (Å²) in [4.78, 5) is 12.0. The second kappa shape index (κ2) is 7.07. The number of aliphatic hydroxyl groups excluding tert-OH is 2. The largest absolute Gasteiger partial charge is 0.390 e. The summed E-state index contributed by atoms with van der Waals surface area (Å²) < 4.78 is 11.3. The minimum absolute atomic E-state index is 0.0561.